The lowest BCUT2D eigenvalue weighted by Gasteiger charge is -2.33. The van der Waals surface area contributed by atoms with Gasteiger partial charge in [-0.25, -0.2) is 0 Å². The molecule has 1 aromatic rings. The summed E-state index contributed by atoms with van der Waals surface area (Å²) in [5.41, 5.74) is 2.46. The predicted octanol–water partition coefficient (Wildman–Crippen LogP) is 3.96. The Labute approximate surface area is 102 Å². The van der Waals surface area contributed by atoms with E-state index in [9.17, 15) is 0 Å². The summed E-state index contributed by atoms with van der Waals surface area (Å²) < 4.78 is 6.16. The second-order valence-corrected chi connectivity index (χ2v) is 8.04. The van der Waals surface area contributed by atoms with Gasteiger partial charge in [0.2, 0.25) is 0 Å². The molecule has 1 atom stereocenters. The first-order valence-electron chi connectivity index (χ1n) is 5.88. The highest BCUT2D eigenvalue weighted by Gasteiger charge is 2.27. The molecule has 0 fully saturated rings. The van der Waals surface area contributed by atoms with Crippen molar-refractivity contribution in [3.63, 3.8) is 0 Å². The molecule has 0 spiro atoms. The molecule has 0 saturated carbocycles. The van der Waals surface area contributed by atoms with Gasteiger partial charge in [-0.15, -0.1) is 0 Å². The summed E-state index contributed by atoms with van der Waals surface area (Å²) in [6.45, 7) is 15.0. The predicted molar refractivity (Wildman–Crippen MR) is 73.1 cm³/mol. The van der Waals surface area contributed by atoms with Crippen molar-refractivity contribution in [2.24, 2.45) is 5.41 Å². The Morgan fingerprint density at radius 3 is 2.00 bits per heavy atom. The van der Waals surface area contributed by atoms with Crippen LogP contribution in [0.3, 0.4) is 0 Å². The maximum atomic E-state index is 6.16. The van der Waals surface area contributed by atoms with Crippen LogP contribution in [0.1, 0.15) is 38.0 Å². The SMILES string of the molecule is [CH2]c1ccc(C(O[SiH](C)C)C(C)(C)C)cc1. The van der Waals surface area contributed by atoms with E-state index in [0.29, 0.717) is 0 Å². The van der Waals surface area contributed by atoms with E-state index < -0.39 is 9.04 Å². The first-order valence-corrected chi connectivity index (χ1v) is 8.66. The number of hydrogen-bond donors (Lipinski definition) is 0. The first-order chi connectivity index (χ1) is 7.30. The highest BCUT2D eigenvalue weighted by atomic mass is 28.3. The standard InChI is InChI=1S/C14H23OSi/c1-11-7-9-12(10-8-11)13(14(2,3)4)15-16(5)6/h7-10,13,16H,1H2,2-6H3. The van der Waals surface area contributed by atoms with E-state index >= 15 is 0 Å². The van der Waals surface area contributed by atoms with E-state index in [1.54, 1.807) is 0 Å². The van der Waals surface area contributed by atoms with Crippen molar-refractivity contribution in [2.75, 3.05) is 0 Å². The summed E-state index contributed by atoms with van der Waals surface area (Å²) in [5.74, 6) is 0. The topological polar surface area (TPSA) is 9.23 Å². The maximum absolute atomic E-state index is 6.16. The molecule has 0 saturated heterocycles. The highest BCUT2D eigenvalue weighted by Crippen LogP contribution is 2.36. The van der Waals surface area contributed by atoms with Gasteiger partial charge in [0.25, 0.3) is 0 Å². The molecule has 0 N–H and O–H groups in total. The van der Waals surface area contributed by atoms with Gasteiger partial charge in [0, 0.05) is 0 Å². The summed E-state index contributed by atoms with van der Waals surface area (Å²) in [6, 6.07) is 8.38. The first kappa shape index (κ1) is 13.5. The molecule has 2 heteroatoms. The maximum Gasteiger partial charge on any atom is 0.171 e. The average Bonchev–Trinajstić information content (AvgIpc) is 2.14. The van der Waals surface area contributed by atoms with Crippen LogP contribution < -0.4 is 0 Å². The molecule has 16 heavy (non-hydrogen) atoms. The van der Waals surface area contributed by atoms with E-state index in [2.05, 4.69) is 65.1 Å². The van der Waals surface area contributed by atoms with Crippen molar-refractivity contribution in [3.8, 4) is 0 Å². The van der Waals surface area contributed by atoms with Crippen LogP contribution in [0.4, 0.5) is 0 Å². The van der Waals surface area contributed by atoms with Crippen LogP contribution in [0.25, 0.3) is 0 Å². The molecular formula is C14H23OSi. The zero-order chi connectivity index (χ0) is 12.3. The molecule has 0 aliphatic rings. The van der Waals surface area contributed by atoms with Crippen LogP contribution in [0, 0.1) is 12.3 Å². The Morgan fingerprint density at radius 2 is 1.62 bits per heavy atom. The van der Waals surface area contributed by atoms with E-state index in [1.165, 1.54) is 5.56 Å². The lowest BCUT2D eigenvalue weighted by atomic mass is 9.85. The van der Waals surface area contributed by atoms with Crippen molar-refractivity contribution in [1.29, 1.82) is 0 Å². The van der Waals surface area contributed by atoms with Crippen LogP contribution in [-0.2, 0) is 4.43 Å². The third-order valence-electron chi connectivity index (χ3n) is 2.48. The van der Waals surface area contributed by atoms with Crippen LogP contribution in [0.15, 0.2) is 24.3 Å². The Hall–Kier alpha value is -0.603. The molecule has 0 heterocycles. The quantitative estimate of drug-likeness (QED) is 0.721. The van der Waals surface area contributed by atoms with E-state index in [4.69, 9.17) is 4.43 Å². The monoisotopic (exact) mass is 235 g/mol. The highest BCUT2D eigenvalue weighted by molar-refractivity contribution is 6.48. The lowest BCUT2D eigenvalue weighted by Crippen LogP contribution is -2.25. The van der Waals surface area contributed by atoms with E-state index in [1.807, 2.05) is 0 Å². The summed E-state index contributed by atoms with van der Waals surface area (Å²) in [5, 5.41) is 0. The zero-order valence-corrected chi connectivity index (χ0v) is 12.2. The molecule has 0 amide bonds. The van der Waals surface area contributed by atoms with Gasteiger partial charge in [-0.3, -0.25) is 0 Å². The molecule has 0 aliphatic heterocycles. The molecule has 89 valence electrons. The Morgan fingerprint density at radius 1 is 1.12 bits per heavy atom. The average molecular weight is 235 g/mol. The Bertz CT molecular complexity index is 322. The molecule has 1 aromatic carbocycles. The van der Waals surface area contributed by atoms with Gasteiger partial charge in [0.05, 0.1) is 6.10 Å². The van der Waals surface area contributed by atoms with Gasteiger partial charge < -0.3 is 4.43 Å². The smallest absolute Gasteiger partial charge is 0.171 e. The van der Waals surface area contributed by atoms with Crippen molar-refractivity contribution in [3.05, 3.63) is 42.3 Å². The van der Waals surface area contributed by atoms with Crippen molar-refractivity contribution >= 4 is 9.04 Å². The zero-order valence-electron chi connectivity index (χ0n) is 11.1. The summed E-state index contributed by atoms with van der Waals surface area (Å²) in [7, 11) is -1.03. The normalized spacial score (nSPS) is 14.2. The molecule has 1 unspecified atom stereocenters. The Kier molecular flexibility index (Phi) is 4.33. The second-order valence-electron chi connectivity index (χ2n) is 5.67. The fourth-order valence-corrected chi connectivity index (χ4v) is 2.86. The van der Waals surface area contributed by atoms with Gasteiger partial charge in [-0.05, 0) is 36.6 Å². The van der Waals surface area contributed by atoms with Crippen LogP contribution in [0.5, 0.6) is 0 Å². The number of hydrogen-bond acceptors (Lipinski definition) is 1. The summed E-state index contributed by atoms with van der Waals surface area (Å²) in [4.78, 5) is 0. The largest absolute Gasteiger partial charge is 0.413 e. The third kappa shape index (κ3) is 3.76. The summed E-state index contributed by atoms with van der Waals surface area (Å²) >= 11 is 0. The van der Waals surface area contributed by atoms with E-state index in [-0.39, 0.29) is 11.5 Å². The third-order valence-corrected chi connectivity index (χ3v) is 3.29. The van der Waals surface area contributed by atoms with Crippen LogP contribution in [-0.4, -0.2) is 9.04 Å². The molecule has 0 aromatic heterocycles. The van der Waals surface area contributed by atoms with Crippen molar-refractivity contribution < 1.29 is 4.43 Å². The van der Waals surface area contributed by atoms with Crippen molar-refractivity contribution in [2.45, 2.75) is 40.0 Å². The molecule has 1 rings (SSSR count). The molecule has 1 radical (unpaired) electrons. The van der Waals surface area contributed by atoms with E-state index in [0.717, 1.165) is 5.56 Å². The minimum Gasteiger partial charge on any atom is -0.413 e. The van der Waals surface area contributed by atoms with Gasteiger partial charge in [-0.1, -0.05) is 45.0 Å². The summed E-state index contributed by atoms with van der Waals surface area (Å²) in [6.07, 6.45) is 0.194. The molecule has 0 aliphatic carbocycles. The van der Waals surface area contributed by atoms with Gasteiger partial charge >= 0.3 is 0 Å². The number of benzene rings is 1. The lowest BCUT2D eigenvalue weighted by molar-refractivity contribution is 0.0866. The minimum atomic E-state index is -1.03. The fourth-order valence-electron chi connectivity index (χ4n) is 1.75. The minimum absolute atomic E-state index is 0.139. The van der Waals surface area contributed by atoms with Crippen LogP contribution in [0.2, 0.25) is 13.1 Å². The number of rotatable bonds is 3. The van der Waals surface area contributed by atoms with Crippen LogP contribution >= 0.6 is 0 Å². The fraction of sp³-hybridized carbons (Fsp3) is 0.500. The van der Waals surface area contributed by atoms with Gasteiger partial charge in [0.1, 0.15) is 0 Å². The second kappa shape index (κ2) is 5.15. The molecular weight excluding hydrogens is 212 g/mol. The molecule has 1 nitrogen and oxygen atoms in total. The van der Waals surface area contributed by atoms with Gasteiger partial charge in [-0.2, -0.15) is 0 Å². The molecule has 0 bridgehead atoms. The Balaban J connectivity index is 2.97. The van der Waals surface area contributed by atoms with Gasteiger partial charge in [0.15, 0.2) is 9.04 Å². The van der Waals surface area contributed by atoms with Crippen molar-refractivity contribution in [1.82, 2.24) is 0 Å².